The van der Waals surface area contributed by atoms with E-state index in [9.17, 15) is 0 Å². The number of morpholine rings is 1. The number of aryl methyl sites for hydroxylation is 2. The Kier molecular flexibility index (Phi) is 5.14. The summed E-state index contributed by atoms with van der Waals surface area (Å²) in [5.74, 6) is 0. The van der Waals surface area contributed by atoms with Gasteiger partial charge >= 0.3 is 0 Å². The van der Waals surface area contributed by atoms with Gasteiger partial charge in [0.25, 0.3) is 0 Å². The van der Waals surface area contributed by atoms with E-state index in [1.807, 2.05) is 18.5 Å². The third kappa shape index (κ3) is 4.12. The third-order valence-corrected chi connectivity index (χ3v) is 4.12. The van der Waals surface area contributed by atoms with E-state index in [1.165, 1.54) is 16.7 Å². The van der Waals surface area contributed by atoms with Gasteiger partial charge in [-0.1, -0.05) is 12.1 Å². The first-order valence-corrected chi connectivity index (χ1v) is 7.97. The van der Waals surface area contributed by atoms with Crippen molar-refractivity contribution in [3.63, 3.8) is 0 Å². The molecule has 3 rings (SSSR count). The summed E-state index contributed by atoms with van der Waals surface area (Å²) in [6.45, 7) is 4.84. The standard InChI is InChI=1S/C18H23N3O/c1-14-17(4-5-18-13-20-7-8-22-18)10-16(12-21-14)9-15-3-2-6-19-11-15/h2-3,6,10-12,18,20H,4-5,7-9,13H2,1H3. The summed E-state index contributed by atoms with van der Waals surface area (Å²) in [5, 5.41) is 3.38. The normalized spacial score (nSPS) is 18.3. The Morgan fingerprint density at radius 1 is 1.32 bits per heavy atom. The average molecular weight is 297 g/mol. The SMILES string of the molecule is Cc1ncc(Cc2cccnc2)cc1CCC1CNCCO1. The molecule has 1 saturated heterocycles. The van der Waals surface area contributed by atoms with Crippen molar-refractivity contribution in [2.75, 3.05) is 19.7 Å². The van der Waals surface area contributed by atoms with Gasteiger partial charge < -0.3 is 10.1 Å². The lowest BCUT2D eigenvalue weighted by Gasteiger charge is -2.23. The molecule has 2 aromatic rings. The van der Waals surface area contributed by atoms with E-state index < -0.39 is 0 Å². The molecule has 0 radical (unpaired) electrons. The van der Waals surface area contributed by atoms with E-state index in [0.29, 0.717) is 6.10 Å². The molecule has 0 bridgehead atoms. The molecule has 116 valence electrons. The van der Waals surface area contributed by atoms with Gasteiger partial charge in [-0.05, 0) is 42.5 Å². The molecule has 0 aromatic carbocycles. The lowest BCUT2D eigenvalue weighted by molar-refractivity contribution is 0.0238. The molecule has 2 aromatic heterocycles. The molecule has 0 spiro atoms. The average Bonchev–Trinajstić information content (AvgIpc) is 2.57. The van der Waals surface area contributed by atoms with E-state index in [0.717, 1.165) is 44.7 Å². The van der Waals surface area contributed by atoms with Crippen LogP contribution in [0, 0.1) is 6.92 Å². The van der Waals surface area contributed by atoms with E-state index in [2.05, 4.69) is 34.3 Å². The molecule has 1 aliphatic heterocycles. The minimum absolute atomic E-state index is 0.329. The molecule has 0 amide bonds. The minimum atomic E-state index is 0.329. The molecule has 1 aliphatic rings. The monoisotopic (exact) mass is 297 g/mol. The van der Waals surface area contributed by atoms with Crippen molar-refractivity contribution in [2.24, 2.45) is 0 Å². The maximum absolute atomic E-state index is 5.77. The Morgan fingerprint density at radius 2 is 2.27 bits per heavy atom. The van der Waals surface area contributed by atoms with Crippen LogP contribution < -0.4 is 5.32 Å². The number of aromatic nitrogens is 2. The van der Waals surface area contributed by atoms with E-state index >= 15 is 0 Å². The molecule has 0 aliphatic carbocycles. The molecule has 22 heavy (non-hydrogen) atoms. The van der Waals surface area contributed by atoms with Crippen molar-refractivity contribution in [3.05, 3.63) is 59.2 Å². The second kappa shape index (κ2) is 7.47. The molecule has 4 nitrogen and oxygen atoms in total. The van der Waals surface area contributed by atoms with Gasteiger partial charge in [0.2, 0.25) is 0 Å². The van der Waals surface area contributed by atoms with Gasteiger partial charge in [-0.25, -0.2) is 0 Å². The largest absolute Gasteiger partial charge is 0.376 e. The maximum Gasteiger partial charge on any atom is 0.0703 e. The van der Waals surface area contributed by atoms with E-state index in [1.54, 1.807) is 6.20 Å². The molecule has 1 atom stereocenters. The topological polar surface area (TPSA) is 47.0 Å². The van der Waals surface area contributed by atoms with Gasteiger partial charge in [-0.15, -0.1) is 0 Å². The molecule has 1 unspecified atom stereocenters. The molecule has 1 N–H and O–H groups in total. The fourth-order valence-corrected chi connectivity index (χ4v) is 2.84. The van der Waals surface area contributed by atoms with Gasteiger partial charge in [-0.2, -0.15) is 0 Å². The third-order valence-electron chi connectivity index (χ3n) is 4.12. The molecule has 4 heteroatoms. The van der Waals surface area contributed by atoms with Gasteiger partial charge in [0.05, 0.1) is 12.7 Å². The quantitative estimate of drug-likeness (QED) is 0.920. The highest BCUT2D eigenvalue weighted by Crippen LogP contribution is 2.15. The van der Waals surface area contributed by atoms with Crippen molar-refractivity contribution >= 4 is 0 Å². The zero-order valence-electron chi connectivity index (χ0n) is 13.1. The predicted molar refractivity (Wildman–Crippen MR) is 86.9 cm³/mol. The first-order valence-electron chi connectivity index (χ1n) is 7.97. The zero-order chi connectivity index (χ0) is 15.2. The highest BCUT2D eigenvalue weighted by atomic mass is 16.5. The van der Waals surface area contributed by atoms with Crippen LogP contribution in [-0.4, -0.2) is 35.8 Å². The number of hydrogen-bond acceptors (Lipinski definition) is 4. The number of pyridine rings is 2. The molecule has 0 saturated carbocycles. The summed E-state index contributed by atoms with van der Waals surface area (Å²) in [4.78, 5) is 8.74. The highest BCUT2D eigenvalue weighted by molar-refractivity contribution is 5.28. The van der Waals surface area contributed by atoms with Crippen LogP contribution in [0.4, 0.5) is 0 Å². The zero-order valence-corrected chi connectivity index (χ0v) is 13.1. The summed E-state index contributed by atoms with van der Waals surface area (Å²) < 4.78 is 5.77. The van der Waals surface area contributed by atoms with Crippen LogP contribution in [0.3, 0.4) is 0 Å². The Morgan fingerprint density at radius 3 is 3.05 bits per heavy atom. The van der Waals surface area contributed by atoms with Gasteiger partial charge in [-0.3, -0.25) is 9.97 Å². The Labute approximate surface area is 132 Å². The summed E-state index contributed by atoms with van der Waals surface area (Å²) in [6, 6.07) is 6.37. The van der Waals surface area contributed by atoms with Gasteiger partial charge in [0.15, 0.2) is 0 Å². The fraction of sp³-hybridized carbons (Fsp3) is 0.444. The number of nitrogens with one attached hydrogen (secondary N) is 1. The van der Waals surface area contributed by atoms with Crippen LogP contribution in [0.2, 0.25) is 0 Å². The van der Waals surface area contributed by atoms with Crippen LogP contribution in [0.25, 0.3) is 0 Å². The Hall–Kier alpha value is -1.78. The van der Waals surface area contributed by atoms with E-state index in [-0.39, 0.29) is 0 Å². The lowest BCUT2D eigenvalue weighted by Crippen LogP contribution is -2.38. The lowest BCUT2D eigenvalue weighted by atomic mass is 10.0. The Bertz CT molecular complexity index is 595. The smallest absolute Gasteiger partial charge is 0.0703 e. The number of rotatable bonds is 5. The minimum Gasteiger partial charge on any atom is -0.376 e. The molecular formula is C18H23N3O. The first kappa shape index (κ1) is 15.1. The molecule has 1 fully saturated rings. The van der Waals surface area contributed by atoms with Gasteiger partial charge in [0.1, 0.15) is 0 Å². The van der Waals surface area contributed by atoms with Crippen LogP contribution in [0.1, 0.15) is 28.8 Å². The second-order valence-electron chi connectivity index (χ2n) is 5.86. The number of ether oxygens (including phenoxy) is 1. The maximum atomic E-state index is 5.77. The molecular weight excluding hydrogens is 274 g/mol. The van der Waals surface area contributed by atoms with Crippen molar-refractivity contribution < 1.29 is 4.74 Å². The van der Waals surface area contributed by atoms with Crippen LogP contribution >= 0.6 is 0 Å². The van der Waals surface area contributed by atoms with E-state index in [4.69, 9.17) is 4.74 Å². The van der Waals surface area contributed by atoms with Crippen molar-refractivity contribution in [3.8, 4) is 0 Å². The van der Waals surface area contributed by atoms with Crippen LogP contribution in [0.5, 0.6) is 0 Å². The summed E-state index contributed by atoms with van der Waals surface area (Å²) >= 11 is 0. The van der Waals surface area contributed by atoms with Crippen molar-refractivity contribution in [1.29, 1.82) is 0 Å². The fourth-order valence-electron chi connectivity index (χ4n) is 2.84. The second-order valence-corrected chi connectivity index (χ2v) is 5.86. The van der Waals surface area contributed by atoms with Crippen LogP contribution in [0.15, 0.2) is 36.8 Å². The number of nitrogens with zero attached hydrogens (tertiary/aromatic N) is 2. The summed E-state index contributed by atoms with van der Waals surface area (Å²) in [7, 11) is 0. The van der Waals surface area contributed by atoms with Crippen molar-refractivity contribution in [1.82, 2.24) is 15.3 Å². The summed E-state index contributed by atoms with van der Waals surface area (Å²) in [5.41, 5.74) is 4.92. The summed E-state index contributed by atoms with van der Waals surface area (Å²) in [6.07, 6.45) is 8.98. The molecule has 3 heterocycles. The highest BCUT2D eigenvalue weighted by Gasteiger charge is 2.14. The number of hydrogen-bond donors (Lipinski definition) is 1. The van der Waals surface area contributed by atoms with Gasteiger partial charge in [0, 0.05) is 43.8 Å². The van der Waals surface area contributed by atoms with Crippen LogP contribution in [-0.2, 0) is 17.6 Å². The Balaban J connectivity index is 1.64. The van der Waals surface area contributed by atoms with Crippen molar-refractivity contribution in [2.45, 2.75) is 32.3 Å². The predicted octanol–water partition coefficient (Wildman–Crippen LogP) is 2.30. The first-order chi connectivity index (χ1) is 10.8.